The molecule has 19 heavy (non-hydrogen) atoms. The first kappa shape index (κ1) is 17.2. The largest absolute Gasteiger partial charge is 0.315 e. The Balaban J connectivity index is 0.00000180. The van der Waals surface area contributed by atoms with E-state index < -0.39 is 10.2 Å². The molecule has 0 saturated carbocycles. The summed E-state index contributed by atoms with van der Waals surface area (Å²) in [7, 11) is -3.25. The minimum Gasteiger partial charge on any atom is -0.315 e. The number of piperidine rings is 1. The Bertz CT molecular complexity index is 359. The van der Waals surface area contributed by atoms with Gasteiger partial charge in [0.1, 0.15) is 0 Å². The molecule has 2 fully saturated rings. The molecule has 0 aromatic heterocycles. The molecule has 0 aromatic rings. The molecule has 2 atom stereocenters. The fraction of sp³-hybridized carbons (Fsp3) is 1.00. The number of halogens is 1. The molecular weight excluding hydrogens is 286 g/mol. The zero-order valence-corrected chi connectivity index (χ0v) is 13.5. The van der Waals surface area contributed by atoms with Gasteiger partial charge in [0, 0.05) is 32.7 Å². The monoisotopic (exact) mass is 311 g/mol. The second-order valence-electron chi connectivity index (χ2n) is 5.77. The summed E-state index contributed by atoms with van der Waals surface area (Å²) in [4.78, 5) is 0. The molecule has 0 radical (unpaired) electrons. The van der Waals surface area contributed by atoms with Crippen LogP contribution in [0.15, 0.2) is 0 Å². The normalized spacial score (nSPS) is 31.5. The average molecular weight is 312 g/mol. The van der Waals surface area contributed by atoms with Crippen LogP contribution in [0.25, 0.3) is 0 Å². The Kier molecular flexibility index (Phi) is 6.53. The Labute approximate surface area is 123 Å². The summed E-state index contributed by atoms with van der Waals surface area (Å²) >= 11 is 0. The molecule has 0 spiro atoms. The van der Waals surface area contributed by atoms with Gasteiger partial charge in [-0.05, 0) is 31.2 Å². The third kappa shape index (κ3) is 4.29. The van der Waals surface area contributed by atoms with Crippen molar-refractivity contribution in [3.8, 4) is 0 Å². The van der Waals surface area contributed by atoms with Crippen LogP contribution in [0.3, 0.4) is 0 Å². The first-order valence-electron chi connectivity index (χ1n) is 6.96. The molecule has 2 rings (SSSR count). The Morgan fingerprint density at radius 3 is 2.26 bits per heavy atom. The van der Waals surface area contributed by atoms with Gasteiger partial charge in [0.05, 0.1) is 0 Å². The minimum atomic E-state index is -3.25. The minimum absolute atomic E-state index is 0. The molecule has 2 aliphatic heterocycles. The molecule has 0 aliphatic carbocycles. The molecule has 0 bridgehead atoms. The van der Waals surface area contributed by atoms with E-state index in [0.717, 1.165) is 25.9 Å². The molecule has 2 aliphatic rings. The third-order valence-electron chi connectivity index (χ3n) is 3.79. The molecule has 5 nitrogen and oxygen atoms in total. The summed E-state index contributed by atoms with van der Waals surface area (Å²) in [6.45, 7) is 8.56. The van der Waals surface area contributed by atoms with Gasteiger partial charge in [-0.25, -0.2) is 0 Å². The van der Waals surface area contributed by atoms with Crippen LogP contribution < -0.4 is 5.32 Å². The van der Waals surface area contributed by atoms with E-state index in [4.69, 9.17) is 0 Å². The zero-order valence-electron chi connectivity index (χ0n) is 11.8. The molecular formula is C12H26ClN3O2S. The van der Waals surface area contributed by atoms with Crippen molar-refractivity contribution >= 4 is 22.6 Å². The highest BCUT2D eigenvalue weighted by molar-refractivity contribution is 7.86. The maximum atomic E-state index is 12.6. The maximum Gasteiger partial charge on any atom is 0.282 e. The SMILES string of the molecule is CC1CC(C)CN(S(=O)(=O)N2CCCNCC2)C1.Cl. The zero-order chi connectivity index (χ0) is 13.2. The van der Waals surface area contributed by atoms with Crippen molar-refractivity contribution < 1.29 is 8.42 Å². The number of nitrogens with zero attached hydrogens (tertiary/aromatic N) is 2. The molecule has 2 saturated heterocycles. The summed E-state index contributed by atoms with van der Waals surface area (Å²) in [5.74, 6) is 0.933. The van der Waals surface area contributed by atoms with Gasteiger partial charge in [-0.1, -0.05) is 13.8 Å². The van der Waals surface area contributed by atoms with Crippen LogP contribution in [0, 0.1) is 11.8 Å². The summed E-state index contributed by atoms with van der Waals surface area (Å²) in [5, 5.41) is 3.25. The van der Waals surface area contributed by atoms with Crippen molar-refractivity contribution in [2.45, 2.75) is 26.7 Å². The lowest BCUT2D eigenvalue weighted by Crippen LogP contribution is -2.50. The van der Waals surface area contributed by atoms with Crippen LogP contribution in [0.5, 0.6) is 0 Å². The van der Waals surface area contributed by atoms with Crippen LogP contribution in [0.1, 0.15) is 26.7 Å². The van der Waals surface area contributed by atoms with Gasteiger partial charge in [-0.3, -0.25) is 0 Å². The highest BCUT2D eigenvalue weighted by atomic mass is 35.5. The highest BCUT2D eigenvalue weighted by Gasteiger charge is 2.34. The molecule has 2 heterocycles. The van der Waals surface area contributed by atoms with Crippen molar-refractivity contribution in [1.29, 1.82) is 0 Å². The Morgan fingerprint density at radius 2 is 1.63 bits per heavy atom. The molecule has 7 heteroatoms. The lowest BCUT2D eigenvalue weighted by atomic mass is 9.94. The van der Waals surface area contributed by atoms with Gasteiger partial charge in [0.2, 0.25) is 0 Å². The summed E-state index contributed by atoms with van der Waals surface area (Å²) in [6.07, 6.45) is 2.03. The van der Waals surface area contributed by atoms with E-state index in [-0.39, 0.29) is 12.4 Å². The van der Waals surface area contributed by atoms with Crippen molar-refractivity contribution in [3.05, 3.63) is 0 Å². The molecule has 0 amide bonds. The number of nitrogens with one attached hydrogen (secondary N) is 1. The van der Waals surface area contributed by atoms with Crippen LogP contribution in [-0.2, 0) is 10.2 Å². The molecule has 1 N–H and O–H groups in total. The fourth-order valence-electron chi connectivity index (χ4n) is 3.01. The predicted molar refractivity (Wildman–Crippen MR) is 79.7 cm³/mol. The van der Waals surface area contributed by atoms with E-state index in [0.29, 0.717) is 38.0 Å². The second-order valence-corrected chi connectivity index (χ2v) is 7.70. The molecule has 0 aromatic carbocycles. The van der Waals surface area contributed by atoms with E-state index in [1.165, 1.54) is 0 Å². The van der Waals surface area contributed by atoms with Gasteiger partial charge < -0.3 is 5.32 Å². The summed E-state index contributed by atoms with van der Waals surface area (Å²) in [6, 6.07) is 0. The standard InChI is InChI=1S/C12H25N3O2S.ClH/c1-11-8-12(2)10-15(9-11)18(16,17)14-6-3-4-13-5-7-14;/h11-13H,3-10H2,1-2H3;1H. The lowest BCUT2D eigenvalue weighted by molar-refractivity contribution is 0.209. The summed E-state index contributed by atoms with van der Waals surface area (Å²) in [5.41, 5.74) is 0. The van der Waals surface area contributed by atoms with E-state index in [1.807, 2.05) is 0 Å². The van der Waals surface area contributed by atoms with Crippen molar-refractivity contribution in [2.75, 3.05) is 39.3 Å². The van der Waals surface area contributed by atoms with Gasteiger partial charge in [-0.15, -0.1) is 12.4 Å². The first-order valence-corrected chi connectivity index (χ1v) is 8.36. The lowest BCUT2D eigenvalue weighted by Gasteiger charge is -2.36. The van der Waals surface area contributed by atoms with Crippen LogP contribution in [-0.4, -0.2) is 56.3 Å². The van der Waals surface area contributed by atoms with Crippen LogP contribution >= 0.6 is 12.4 Å². The van der Waals surface area contributed by atoms with Crippen LogP contribution in [0.2, 0.25) is 0 Å². The Hall–Kier alpha value is 0.120. The quantitative estimate of drug-likeness (QED) is 0.825. The van der Waals surface area contributed by atoms with E-state index in [1.54, 1.807) is 8.61 Å². The number of rotatable bonds is 2. The first-order chi connectivity index (χ1) is 8.50. The van der Waals surface area contributed by atoms with E-state index >= 15 is 0 Å². The third-order valence-corrected chi connectivity index (χ3v) is 5.76. The van der Waals surface area contributed by atoms with Crippen LogP contribution in [0.4, 0.5) is 0 Å². The van der Waals surface area contributed by atoms with Crippen molar-refractivity contribution in [2.24, 2.45) is 11.8 Å². The van der Waals surface area contributed by atoms with E-state index in [9.17, 15) is 8.42 Å². The summed E-state index contributed by atoms with van der Waals surface area (Å²) < 4.78 is 28.6. The van der Waals surface area contributed by atoms with Gasteiger partial charge in [0.25, 0.3) is 10.2 Å². The smallest absolute Gasteiger partial charge is 0.282 e. The maximum absolute atomic E-state index is 12.6. The average Bonchev–Trinajstić information content (AvgIpc) is 2.56. The predicted octanol–water partition coefficient (Wildman–Crippen LogP) is 0.926. The highest BCUT2D eigenvalue weighted by Crippen LogP contribution is 2.24. The Morgan fingerprint density at radius 1 is 1.00 bits per heavy atom. The molecule has 2 unspecified atom stereocenters. The van der Waals surface area contributed by atoms with Gasteiger partial charge in [-0.2, -0.15) is 17.0 Å². The van der Waals surface area contributed by atoms with Gasteiger partial charge in [0.15, 0.2) is 0 Å². The van der Waals surface area contributed by atoms with E-state index in [2.05, 4.69) is 19.2 Å². The fourth-order valence-corrected chi connectivity index (χ4v) is 4.90. The van der Waals surface area contributed by atoms with Crippen molar-refractivity contribution in [3.63, 3.8) is 0 Å². The number of hydrogen-bond acceptors (Lipinski definition) is 3. The topological polar surface area (TPSA) is 52.7 Å². The molecule has 114 valence electrons. The number of hydrogen-bond donors (Lipinski definition) is 1. The second kappa shape index (κ2) is 7.22. The van der Waals surface area contributed by atoms with Gasteiger partial charge >= 0.3 is 0 Å². The van der Waals surface area contributed by atoms with Crippen molar-refractivity contribution in [1.82, 2.24) is 13.9 Å².